The molecule has 0 aliphatic heterocycles. The van der Waals surface area contributed by atoms with Crippen LogP contribution >= 0.6 is 73.2 Å². The highest BCUT2D eigenvalue weighted by atomic mass is 36.0. The predicted octanol–water partition coefficient (Wildman–Crippen LogP) is 8.62. The molecule has 1 N–H and O–H groups in total. The van der Waals surface area contributed by atoms with Gasteiger partial charge in [0.25, 0.3) is 5.56 Å². The lowest BCUT2D eigenvalue weighted by Gasteiger charge is -1.88. The second-order valence-corrected chi connectivity index (χ2v) is 13.2. The molecular formula is C16H17Cl4N2O2PS2. The zero-order valence-corrected chi connectivity index (χ0v) is 17.7. The summed E-state index contributed by atoms with van der Waals surface area (Å²) in [6.45, 7) is 0. The van der Waals surface area contributed by atoms with E-state index in [9.17, 15) is 9.36 Å². The number of halogens is 4. The lowest BCUT2D eigenvalue weighted by atomic mass is 10.3. The third-order valence-corrected chi connectivity index (χ3v) is 4.79. The van der Waals surface area contributed by atoms with Gasteiger partial charge in [0.2, 0.25) is 0 Å². The summed E-state index contributed by atoms with van der Waals surface area (Å²) in [4.78, 5) is 17.6. The summed E-state index contributed by atoms with van der Waals surface area (Å²) in [7, 11) is 0. The number of rotatable bonds is 0. The summed E-state index contributed by atoms with van der Waals surface area (Å²) in [6, 6.07) is 7.68. The molecule has 0 aliphatic carbocycles. The van der Waals surface area contributed by atoms with Crippen LogP contribution in [-0.4, -0.2) is 9.97 Å². The van der Waals surface area contributed by atoms with Crippen molar-refractivity contribution in [3.05, 3.63) is 62.9 Å². The van der Waals surface area contributed by atoms with Crippen molar-refractivity contribution in [2.75, 3.05) is 0 Å². The Bertz CT molecular complexity index is 1070. The predicted molar refractivity (Wildman–Crippen MR) is 126 cm³/mol. The number of aromatic nitrogens is 2. The van der Waals surface area contributed by atoms with Crippen molar-refractivity contribution in [2.24, 2.45) is 0 Å². The Morgan fingerprint density at radius 2 is 1.44 bits per heavy atom. The SMILES string of the molecule is C.C.Clc1nccc2sccc12.O=P(Cl)(Cl)Cl.O=c1[nH]ccc2sccc12. The topological polar surface area (TPSA) is 62.8 Å². The number of nitrogens with one attached hydrogen (secondary N) is 1. The van der Waals surface area contributed by atoms with Gasteiger partial charge < -0.3 is 4.98 Å². The lowest BCUT2D eigenvalue weighted by molar-refractivity contribution is 0.600. The van der Waals surface area contributed by atoms with Crippen LogP contribution in [0.25, 0.3) is 20.2 Å². The van der Waals surface area contributed by atoms with Gasteiger partial charge in [-0.05, 0) is 68.7 Å². The van der Waals surface area contributed by atoms with Gasteiger partial charge in [-0.1, -0.05) is 26.5 Å². The van der Waals surface area contributed by atoms with Crippen LogP contribution in [0.4, 0.5) is 0 Å². The summed E-state index contributed by atoms with van der Waals surface area (Å²) in [6.07, 6.45) is 3.39. The molecule has 4 heterocycles. The Kier molecular flexibility index (Phi) is 11.8. The molecule has 148 valence electrons. The molecule has 0 radical (unpaired) electrons. The fourth-order valence-electron chi connectivity index (χ4n) is 1.77. The minimum absolute atomic E-state index is 0. The Labute approximate surface area is 184 Å². The highest BCUT2D eigenvalue weighted by Crippen LogP contribution is 2.61. The quantitative estimate of drug-likeness (QED) is 0.192. The highest BCUT2D eigenvalue weighted by molar-refractivity contribution is 8.24. The first-order valence-corrected chi connectivity index (χ1v) is 13.0. The maximum absolute atomic E-state index is 11.0. The molecule has 0 bridgehead atoms. The van der Waals surface area contributed by atoms with E-state index in [0.717, 1.165) is 15.5 Å². The zero-order valence-electron chi connectivity index (χ0n) is 12.2. The van der Waals surface area contributed by atoms with Crippen molar-refractivity contribution in [2.45, 2.75) is 14.9 Å². The summed E-state index contributed by atoms with van der Waals surface area (Å²) >= 11 is 22.9. The average molecular weight is 506 g/mol. The third kappa shape index (κ3) is 8.97. The van der Waals surface area contributed by atoms with Gasteiger partial charge in [-0.3, -0.25) is 9.36 Å². The summed E-state index contributed by atoms with van der Waals surface area (Å²) in [5.41, 5.74) is -0.00116. The van der Waals surface area contributed by atoms with Crippen LogP contribution in [0.5, 0.6) is 0 Å². The third-order valence-electron chi connectivity index (χ3n) is 2.72. The first-order valence-electron chi connectivity index (χ1n) is 6.47. The van der Waals surface area contributed by atoms with E-state index in [0.29, 0.717) is 5.15 Å². The Balaban J connectivity index is 0.000000384. The smallest absolute Gasteiger partial charge is 0.329 e. The molecule has 0 amide bonds. The number of aromatic amines is 1. The van der Waals surface area contributed by atoms with Gasteiger partial charge in [0.1, 0.15) is 5.15 Å². The fraction of sp³-hybridized carbons (Fsp3) is 0.125. The molecule has 11 heteroatoms. The van der Waals surface area contributed by atoms with E-state index in [1.165, 1.54) is 4.70 Å². The summed E-state index contributed by atoms with van der Waals surface area (Å²) < 4.78 is 11.8. The maximum Gasteiger partial charge on any atom is 0.339 e. The number of hydrogen-bond acceptors (Lipinski definition) is 5. The standard InChI is InChI=1S/C7H4ClNS.C7H5NOS.2CH4.Cl3OP/c8-7-5-2-4-10-6(5)1-3-9-7;9-7-5-2-4-10-6(5)1-3-8-7;;;1-5(2,3)4/h1-4H;1-4H,(H,8,9);2*1H4;. The monoisotopic (exact) mass is 504 g/mol. The number of fused-ring (bicyclic) bond motifs is 2. The van der Waals surface area contributed by atoms with E-state index in [1.54, 1.807) is 35.1 Å². The van der Waals surface area contributed by atoms with Crippen molar-refractivity contribution in [1.82, 2.24) is 9.97 Å². The van der Waals surface area contributed by atoms with Crippen LogP contribution in [0.2, 0.25) is 5.15 Å². The molecule has 0 spiro atoms. The molecule has 0 aliphatic rings. The van der Waals surface area contributed by atoms with E-state index in [2.05, 4.69) is 43.7 Å². The molecule has 0 unspecified atom stereocenters. The zero-order chi connectivity index (χ0) is 18.4. The number of nitrogens with zero attached hydrogens (tertiary/aromatic N) is 1. The summed E-state index contributed by atoms with van der Waals surface area (Å²) in [5, 5.41) is 3.14. The van der Waals surface area contributed by atoms with Crippen molar-refractivity contribution >= 4 is 93.4 Å². The van der Waals surface area contributed by atoms with Gasteiger partial charge in [-0.15, -0.1) is 22.7 Å². The second kappa shape index (κ2) is 12.1. The van der Waals surface area contributed by atoms with Crippen molar-refractivity contribution in [3.8, 4) is 0 Å². The molecule has 4 rings (SSSR count). The molecule has 0 saturated carbocycles. The van der Waals surface area contributed by atoms with E-state index in [-0.39, 0.29) is 20.4 Å². The van der Waals surface area contributed by atoms with E-state index in [1.807, 2.05) is 35.0 Å². The van der Waals surface area contributed by atoms with Crippen LogP contribution in [-0.2, 0) is 4.57 Å². The maximum atomic E-state index is 11.0. The molecule has 0 aromatic carbocycles. The number of H-pyrrole nitrogens is 1. The van der Waals surface area contributed by atoms with Crippen LogP contribution in [0.15, 0.2) is 52.2 Å². The van der Waals surface area contributed by atoms with Crippen molar-refractivity contribution in [3.63, 3.8) is 0 Å². The summed E-state index contributed by atoms with van der Waals surface area (Å²) in [5.74, 6) is 0. The van der Waals surface area contributed by atoms with E-state index < -0.39 is 5.20 Å². The van der Waals surface area contributed by atoms with Crippen LogP contribution < -0.4 is 5.56 Å². The van der Waals surface area contributed by atoms with Crippen molar-refractivity contribution < 1.29 is 4.57 Å². The van der Waals surface area contributed by atoms with Gasteiger partial charge in [0.15, 0.2) is 0 Å². The van der Waals surface area contributed by atoms with Gasteiger partial charge in [-0.25, -0.2) is 4.98 Å². The average Bonchev–Trinajstić information content (AvgIpc) is 3.16. The molecule has 0 saturated heterocycles. The lowest BCUT2D eigenvalue weighted by Crippen LogP contribution is -2.01. The fourth-order valence-corrected chi connectivity index (χ4v) is 3.61. The molecular weight excluding hydrogens is 489 g/mol. The van der Waals surface area contributed by atoms with Crippen LogP contribution in [0, 0.1) is 0 Å². The molecule has 0 atom stereocenters. The normalized spacial score (nSPS) is 9.93. The number of thiophene rings is 2. The van der Waals surface area contributed by atoms with Gasteiger partial charge in [0.05, 0.1) is 5.39 Å². The van der Waals surface area contributed by atoms with Gasteiger partial charge >= 0.3 is 5.20 Å². The first kappa shape index (κ1) is 26.4. The largest absolute Gasteiger partial charge is 0.339 e. The van der Waals surface area contributed by atoms with E-state index in [4.69, 9.17) is 11.6 Å². The molecule has 4 aromatic heterocycles. The Hall–Kier alpha value is -0.590. The molecule has 4 nitrogen and oxygen atoms in total. The highest BCUT2D eigenvalue weighted by Gasteiger charge is 2.03. The molecule has 27 heavy (non-hydrogen) atoms. The van der Waals surface area contributed by atoms with Gasteiger partial charge in [0, 0.05) is 27.2 Å². The number of pyridine rings is 2. The van der Waals surface area contributed by atoms with E-state index >= 15 is 0 Å². The second-order valence-electron chi connectivity index (χ2n) is 4.34. The minimum Gasteiger partial charge on any atom is -0.329 e. The molecule has 4 aromatic rings. The Morgan fingerprint density at radius 1 is 0.926 bits per heavy atom. The number of hydrogen-bond donors (Lipinski definition) is 1. The van der Waals surface area contributed by atoms with Crippen LogP contribution in [0.1, 0.15) is 14.9 Å². The van der Waals surface area contributed by atoms with Crippen molar-refractivity contribution in [1.29, 1.82) is 0 Å². The first-order chi connectivity index (χ1) is 11.8. The Morgan fingerprint density at radius 3 is 1.96 bits per heavy atom. The minimum atomic E-state index is -3.22. The molecule has 0 fully saturated rings. The van der Waals surface area contributed by atoms with Crippen LogP contribution in [0.3, 0.4) is 0 Å². The van der Waals surface area contributed by atoms with Gasteiger partial charge in [-0.2, -0.15) is 0 Å².